The zero-order chi connectivity index (χ0) is 38.6. The first kappa shape index (κ1) is 38.2. The van der Waals surface area contributed by atoms with Crippen molar-refractivity contribution in [3.8, 4) is 5.75 Å². The number of rotatable bonds is 12. The highest BCUT2D eigenvalue weighted by molar-refractivity contribution is 7.80. The minimum atomic E-state index is -1.54. The number of thiocarbonyl (C=S) groups is 1. The SMILES string of the molecule is COc1ccc(NC(=S)N[C@@H]2O[C@H](COC(=O)c3ccccc3)[C@H](OC(=O)c3ccccc3)[C@H](OC(=O)c3ccccc3)[C@H]2OC(=O)c2ccccc2)cc1. The van der Waals surface area contributed by atoms with E-state index in [1.54, 1.807) is 153 Å². The van der Waals surface area contributed by atoms with E-state index in [-0.39, 0.29) is 27.4 Å². The van der Waals surface area contributed by atoms with Gasteiger partial charge in [-0.2, -0.15) is 0 Å². The van der Waals surface area contributed by atoms with Crippen LogP contribution in [0.4, 0.5) is 5.69 Å². The van der Waals surface area contributed by atoms with Crippen LogP contribution in [0.1, 0.15) is 41.4 Å². The predicted molar refractivity (Wildman–Crippen MR) is 205 cm³/mol. The van der Waals surface area contributed by atoms with Crippen molar-refractivity contribution >= 4 is 46.9 Å². The molecule has 1 fully saturated rings. The van der Waals surface area contributed by atoms with E-state index in [0.717, 1.165) is 0 Å². The molecule has 12 nitrogen and oxygen atoms in total. The summed E-state index contributed by atoms with van der Waals surface area (Å²) in [7, 11) is 1.55. The van der Waals surface area contributed by atoms with Crippen LogP contribution in [0.25, 0.3) is 0 Å². The minimum Gasteiger partial charge on any atom is -0.497 e. The van der Waals surface area contributed by atoms with Gasteiger partial charge in [0.25, 0.3) is 0 Å². The van der Waals surface area contributed by atoms with Gasteiger partial charge in [-0.25, -0.2) is 19.2 Å². The Morgan fingerprint density at radius 2 is 0.982 bits per heavy atom. The fourth-order valence-electron chi connectivity index (χ4n) is 5.65. The lowest BCUT2D eigenvalue weighted by Crippen LogP contribution is -2.66. The fraction of sp³-hybridized carbons (Fsp3) is 0.167. The van der Waals surface area contributed by atoms with Crippen LogP contribution >= 0.6 is 12.2 Å². The molecule has 5 atom stereocenters. The van der Waals surface area contributed by atoms with E-state index in [2.05, 4.69) is 10.6 Å². The van der Waals surface area contributed by atoms with Crippen LogP contribution in [0.5, 0.6) is 5.75 Å². The predicted octanol–water partition coefficient (Wildman–Crippen LogP) is 6.24. The van der Waals surface area contributed by atoms with Gasteiger partial charge in [-0.1, -0.05) is 72.8 Å². The highest BCUT2D eigenvalue weighted by atomic mass is 32.1. The third kappa shape index (κ3) is 10.1. The Bertz CT molecular complexity index is 2070. The number of anilines is 1. The number of nitrogens with one attached hydrogen (secondary N) is 2. The Morgan fingerprint density at radius 1 is 0.564 bits per heavy atom. The first-order valence-corrected chi connectivity index (χ1v) is 17.6. The molecule has 0 radical (unpaired) electrons. The molecule has 5 aromatic rings. The van der Waals surface area contributed by atoms with Crippen LogP contribution in [0.3, 0.4) is 0 Å². The molecule has 1 heterocycles. The summed E-state index contributed by atoms with van der Waals surface area (Å²) in [5.41, 5.74) is 1.38. The molecule has 0 aromatic heterocycles. The van der Waals surface area contributed by atoms with Gasteiger partial charge in [-0.05, 0) is 85.0 Å². The molecule has 0 unspecified atom stereocenters. The van der Waals surface area contributed by atoms with Gasteiger partial charge in [0.2, 0.25) is 0 Å². The molecule has 13 heteroatoms. The van der Waals surface area contributed by atoms with E-state index < -0.39 is 61.1 Å². The largest absolute Gasteiger partial charge is 0.497 e. The monoisotopic (exact) mass is 760 g/mol. The zero-order valence-electron chi connectivity index (χ0n) is 29.4. The van der Waals surface area contributed by atoms with Crippen molar-refractivity contribution in [1.29, 1.82) is 0 Å². The van der Waals surface area contributed by atoms with E-state index in [1.165, 1.54) is 0 Å². The van der Waals surface area contributed by atoms with Gasteiger partial charge in [0, 0.05) is 5.69 Å². The topological polar surface area (TPSA) is 148 Å². The number of hydrogen-bond acceptors (Lipinski definition) is 11. The summed E-state index contributed by atoms with van der Waals surface area (Å²) >= 11 is 5.66. The molecule has 0 saturated carbocycles. The lowest BCUT2D eigenvalue weighted by atomic mass is 9.96. The standard InChI is InChI=1S/C42H36N2O10S/c1-49-32-24-22-31(23-25-32)43-42(55)44-37-36(54-41(48)30-20-12-5-13-21-30)35(53-40(47)29-18-10-4-11-19-29)34(52-39(46)28-16-8-3-9-17-28)33(51-37)26-50-38(45)27-14-6-2-7-15-27/h2-25,33-37H,26H2,1H3,(H2,43,44,55)/t33-,34+,35+,36-,37-/m1/s1. The Hall–Kier alpha value is -6.57. The van der Waals surface area contributed by atoms with Crippen LogP contribution in [0.15, 0.2) is 146 Å². The number of benzene rings is 5. The second-order valence-electron chi connectivity index (χ2n) is 12.1. The van der Waals surface area contributed by atoms with Crippen LogP contribution in [-0.4, -0.2) is 73.4 Å². The van der Waals surface area contributed by atoms with E-state index in [9.17, 15) is 19.2 Å². The Balaban J connectivity index is 1.39. The molecule has 1 aliphatic rings. The van der Waals surface area contributed by atoms with Crippen LogP contribution < -0.4 is 15.4 Å². The quantitative estimate of drug-likeness (QED) is 0.0841. The smallest absolute Gasteiger partial charge is 0.338 e. The van der Waals surface area contributed by atoms with Crippen molar-refractivity contribution in [1.82, 2.24) is 5.32 Å². The summed E-state index contributed by atoms with van der Waals surface area (Å²) in [6, 6.07) is 39.6. The molecule has 0 bridgehead atoms. The summed E-state index contributed by atoms with van der Waals surface area (Å²) in [6.07, 6.45) is -7.17. The highest BCUT2D eigenvalue weighted by Gasteiger charge is 2.53. The molecule has 0 amide bonds. The molecule has 1 aliphatic heterocycles. The maximum Gasteiger partial charge on any atom is 0.338 e. The summed E-state index contributed by atoms with van der Waals surface area (Å²) in [6.45, 7) is -0.476. The third-order valence-corrected chi connectivity index (χ3v) is 8.62. The first-order chi connectivity index (χ1) is 26.8. The number of carbonyl (C=O) groups excluding carboxylic acids is 4. The van der Waals surface area contributed by atoms with E-state index >= 15 is 0 Å². The maximum atomic E-state index is 13.8. The lowest BCUT2D eigenvalue weighted by molar-refractivity contribution is -0.232. The molecule has 6 rings (SSSR count). The van der Waals surface area contributed by atoms with Gasteiger partial charge < -0.3 is 39.1 Å². The zero-order valence-corrected chi connectivity index (χ0v) is 30.3. The molecule has 2 N–H and O–H groups in total. The van der Waals surface area contributed by atoms with E-state index in [1.807, 2.05) is 0 Å². The Kier molecular flexibility index (Phi) is 12.8. The second kappa shape index (κ2) is 18.5. The first-order valence-electron chi connectivity index (χ1n) is 17.2. The van der Waals surface area contributed by atoms with Crippen molar-refractivity contribution in [2.45, 2.75) is 30.6 Å². The Morgan fingerprint density at radius 3 is 1.44 bits per heavy atom. The lowest BCUT2D eigenvalue weighted by Gasteiger charge is -2.45. The van der Waals surface area contributed by atoms with Gasteiger partial charge in [0.05, 0.1) is 29.4 Å². The van der Waals surface area contributed by atoms with Gasteiger partial charge in [-0.3, -0.25) is 0 Å². The summed E-state index contributed by atoms with van der Waals surface area (Å²) < 4.78 is 35.6. The van der Waals surface area contributed by atoms with Gasteiger partial charge in [0.15, 0.2) is 29.7 Å². The van der Waals surface area contributed by atoms with E-state index in [4.69, 9.17) is 40.6 Å². The highest BCUT2D eigenvalue weighted by Crippen LogP contribution is 2.31. The van der Waals surface area contributed by atoms with Crippen LogP contribution in [0.2, 0.25) is 0 Å². The van der Waals surface area contributed by atoms with Gasteiger partial charge in [0.1, 0.15) is 18.5 Å². The number of esters is 4. The molecular weight excluding hydrogens is 725 g/mol. The van der Waals surface area contributed by atoms with Crippen LogP contribution in [0, 0.1) is 0 Å². The number of hydrogen-bond donors (Lipinski definition) is 2. The summed E-state index contributed by atoms with van der Waals surface area (Å²) in [4.78, 5) is 54.4. The average molecular weight is 761 g/mol. The van der Waals surface area contributed by atoms with E-state index in [0.29, 0.717) is 11.4 Å². The third-order valence-electron chi connectivity index (χ3n) is 8.40. The summed E-state index contributed by atoms with van der Waals surface area (Å²) in [5.74, 6) is -2.47. The normalized spacial score (nSPS) is 18.8. The molecule has 280 valence electrons. The molecule has 0 spiro atoms. The Labute approximate surface area is 322 Å². The van der Waals surface area contributed by atoms with Crippen LogP contribution in [-0.2, 0) is 23.7 Å². The van der Waals surface area contributed by atoms with Crippen molar-refractivity contribution in [2.75, 3.05) is 19.0 Å². The maximum absolute atomic E-state index is 13.8. The fourth-order valence-corrected chi connectivity index (χ4v) is 5.89. The molecular formula is C42H36N2O10S. The average Bonchev–Trinajstić information content (AvgIpc) is 3.23. The number of methoxy groups -OCH3 is 1. The molecule has 1 saturated heterocycles. The van der Waals surface area contributed by atoms with Crippen molar-refractivity contribution < 1.29 is 47.6 Å². The number of carbonyl (C=O) groups is 4. The minimum absolute atomic E-state index is 0.0313. The second-order valence-corrected chi connectivity index (χ2v) is 12.5. The van der Waals surface area contributed by atoms with Crippen molar-refractivity contribution in [3.63, 3.8) is 0 Å². The van der Waals surface area contributed by atoms with Crippen molar-refractivity contribution in [2.24, 2.45) is 0 Å². The van der Waals surface area contributed by atoms with Gasteiger partial charge in [-0.15, -0.1) is 0 Å². The number of ether oxygens (including phenoxy) is 6. The van der Waals surface area contributed by atoms with Crippen molar-refractivity contribution in [3.05, 3.63) is 168 Å². The summed E-state index contributed by atoms with van der Waals surface area (Å²) in [5, 5.41) is 6.09. The molecule has 55 heavy (non-hydrogen) atoms. The van der Waals surface area contributed by atoms with Gasteiger partial charge >= 0.3 is 23.9 Å². The molecule has 5 aromatic carbocycles. The molecule has 0 aliphatic carbocycles.